The number of halogens is 2. The van der Waals surface area contributed by atoms with Gasteiger partial charge in [-0.1, -0.05) is 29.8 Å². The van der Waals surface area contributed by atoms with Crippen LogP contribution >= 0.6 is 27.5 Å². The molecule has 1 aromatic heterocycles. The number of benzene rings is 2. The van der Waals surface area contributed by atoms with Crippen molar-refractivity contribution in [2.75, 3.05) is 6.54 Å². The first-order valence-corrected chi connectivity index (χ1v) is 10.1. The molecule has 0 saturated heterocycles. The zero-order valence-corrected chi connectivity index (χ0v) is 17.8. The number of rotatable bonds is 8. The van der Waals surface area contributed by atoms with Gasteiger partial charge in [0.1, 0.15) is 12.4 Å². The average molecular weight is 463 g/mol. The summed E-state index contributed by atoms with van der Waals surface area (Å²) < 4.78 is 8.57. The number of aromatic nitrogens is 2. The van der Waals surface area contributed by atoms with Crippen molar-refractivity contribution < 1.29 is 9.53 Å². The first-order chi connectivity index (χ1) is 13.5. The van der Waals surface area contributed by atoms with E-state index in [0.717, 1.165) is 28.6 Å². The summed E-state index contributed by atoms with van der Waals surface area (Å²) >= 11 is 9.51. The van der Waals surface area contributed by atoms with Crippen LogP contribution in [0, 0.1) is 6.92 Å². The average Bonchev–Trinajstić information content (AvgIpc) is 3.11. The molecule has 2 aromatic carbocycles. The van der Waals surface area contributed by atoms with Crippen molar-refractivity contribution in [2.45, 2.75) is 26.5 Å². The van der Waals surface area contributed by atoms with Gasteiger partial charge in [0.25, 0.3) is 5.91 Å². The lowest BCUT2D eigenvalue weighted by molar-refractivity contribution is 0.0952. The van der Waals surface area contributed by atoms with E-state index in [0.29, 0.717) is 29.5 Å². The maximum Gasteiger partial charge on any atom is 0.251 e. The summed E-state index contributed by atoms with van der Waals surface area (Å²) in [5.74, 6) is 0.573. The molecule has 0 atom stereocenters. The molecule has 0 unspecified atom stereocenters. The van der Waals surface area contributed by atoms with Gasteiger partial charge >= 0.3 is 0 Å². The normalized spacial score (nSPS) is 10.7. The van der Waals surface area contributed by atoms with E-state index in [2.05, 4.69) is 26.3 Å². The summed E-state index contributed by atoms with van der Waals surface area (Å²) in [6.45, 7) is 3.73. The van der Waals surface area contributed by atoms with Crippen LogP contribution in [-0.4, -0.2) is 22.2 Å². The van der Waals surface area contributed by atoms with Crippen molar-refractivity contribution in [3.63, 3.8) is 0 Å². The molecule has 0 spiro atoms. The Labute approximate surface area is 177 Å². The number of hydrogen-bond acceptors (Lipinski definition) is 3. The van der Waals surface area contributed by atoms with Crippen molar-refractivity contribution in [3.8, 4) is 5.75 Å². The Balaban J connectivity index is 1.45. The highest BCUT2D eigenvalue weighted by atomic mass is 79.9. The zero-order valence-electron chi connectivity index (χ0n) is 15.5. The van der Waals surface area contributed by atoms with Gasteiger partial charge < -0.3 is 10.1 Å². The quantitative estimate of drug-likeness (QED) is 0.479. The van der Waals surface area contributed by atoms with Crippen LogP contribution in [0.4, 0.5) is 0 Å². The molecule has 0 fully saturated rings. The largest absolute Gasteiger partial charge is 0.487 e. The lowest BCUT2D eigenvalue weighted by atomic mass is 10.1. The van der Waals surface area contributed by atoms with Gasteiger partial charge in [-0.2, -0.15) is 5.10 Å². The third-order valence-corrected chi connectivity index (χ3v) is 4.87. The van der Waals surface area contributed by atoms with Gasteiger partial charge in [-0.05, 0) is 64.7 Å². The highest BCUT2D eigenvalue weighted by molar-refractivity contribution is 9.10. The Morgan fingerprint density at radius 2 is 2.04 bits per heavy atom. The predicted octanol–water partition coefficient (Wildman–Crippen LogP) is 5.01. The summed E-state index contributed by atoms with van der Waals surface area (Å²) in [4.78, 5) is 12.2. The van der Waals surface area contributed by atoms with Crippen molar-refractivity contribution in [3.05, 3.63) is 81.0 Å². The second-order valence-electron chi connectivity index (χ2n) is 6.45. The SMILES string of the molecule is Cc1ccc(Cl)c(OCc2ccc(C(=O)NCCCn3cc(Br)cn3)cc2)c1. The van der Waals surface area contributed by atoms with Crippen molar-refractivity contribution in [1.29, 1.82) is 0 Å². The topological polar surface area (TPSA) is 56.1 Å². The van der Waals surface area contributed by atoms with Gasteiger partial charge in [-0.25, -0.2) is 0 Å². The van der Waals surface area contributed by atoms with E-state index in [9.17, 15) is 4.79 Å². The van der Waals surface area contributed by atoms with Crippen molar-refractivity contribution in [1.82, 2.24) is 15.1 Å². The van der Waals surface area contributed by atoms with Gasteiger partial charge in [-0.15, -0.1) is 0 Å². The summed E-state index contributed by atoms with van der Waals surface area (Å²) in [5, 5.41) is 7.70. The van der Waals surface area contributed by atoms with Crippen LogP contribution in [0.15, 0.2) is 59.3 Å². The second-order valence-corrected chi connectivity index (χ2v) is 7.77. The number of nitrogens with one attached hydrogen (secondary N) is 1. The molecule has 5 nitrogen and oxygen atoms in total. The molecule has 7 heteroatoms. The Bertz CT molecular complexity index is 941. The van der Waals surface area contributed by atoms with Crippen LogP contribution in [0.3, 0.4) is 0 Å². The molecule has 0 aliphatic carbocycles. The molecule has 0 bridgehead atoms. The molecular formula is C21H21BrClN3O2. The summed E-state index contributed by atoms with van der Waals surface area (Å²) in [6.07, 6.45) is 4.46. The molecule has 3 aromatic rings. The minimum atomic E-state index is -0.0872. The van der Waals surface area contributed by atoms with Gasteiger partial charge in [0.05, 0.1) is 15.7 Å². The fraction of sp³-hybridized carbons (Fsp3) is 0.238. The molecule has 28 heavy (non-hydrogen) atoms. The fourth-order valence-electron chi connectivity index (χ4n) is 2.64. The third-order valence-electron chi connectivity index (χ3n) is 4.15. The van der Waals surface area contributed by atoms with Crippen LogP contribution in [0.5, 0.6) is 5.75 Å². The fourth-order valence-corrected chi connectivity index (χ4v) is 3.14. The predicted molar refractivity (Wildman–Crippen MR) is 114 cm³/mol. The molecule has 3 rings (SSSR count). The second kappa shape index (κ2) is 9.75. The van der Waals surface area contributed by atoms with Gasteiger partial charge in [0.15, 0.2) is 0 Å². The van der Waals surface area contributed by atoms with Crippen LogP contribution in [-0.2, 0) is 13.2 Å². The number of aryl methyl sites for hydroxylation is 2. The van der Waals surface area contributed by atoms with E-state index in [1.807, 2.05) is 48.1 Å². The summed E-state index contributed by atoms with van der Waals surface area (Å²) in [7, 11) is 0. The van der Waals surface area contributed by atoms with E-state index in [1.54, 1.807) is 18.3 Å². The maximum atomic E-state index is 12.2. The highest BCUT2D eigenvalue weighted by Crippen LogP contribution is 2.26. The van der Waals surface area contributed by atoms with E-state index in [-0.39, 0.29) is 5.91 Å². The molecule has 0 aliphatic rings. The van der Waals surface area contributed by atoms with E-state index in [4.69, 9.17) is 16.3 Å². The molecule has 0 saturated carbocycles. The summed E-state index contributed by atoms with van der Waals surface area (Å²) in [6, 6.07) is 13.1. The van der Waals surface area contributed by atoms with E-state index in [1.165, 1.54) is 0 Å². The third kappa shape index (κ3) is 5.84. The molecule has 0 aliphatic heterocycles. The van der Waals surface area contributed by atoms with Gasteiger partial charge in [0.2, 0.25) is 0 Å². The number of amides is 1. The van der Waals surface area contributed by atoms with Crippen LogP contribution in [0.1, 0.15) is 27.9 Å². The highest BCUT2D eigenvalue weighted by Gasteiger charge is 2.06. The lowest BCUT2D eigenvalue weighted by Crippen LogP contribution is -2.25. The number of hydrogen-bond donors (Lipinski definition) is 1. The zero-order chi connectivity index (χ0) is 19.9. The van der Waals surface area contributed by atoms with Crippen molar-refractivity contribution >= 4 is 33.4 Å². The molecule has 146 valence electrons. The van der Waals surface area contributed by atoms with Crippen LogP contribution in [0.2, 0.25) is 5.02 Å². The minimum Gasteiger partial charge on any atom is -0.487 e. The summed E-state index contributed by atoms with van der Waals surface area (Å²) in [5.41, 5.74) is 2.68. The Morgan fingerprint density at radius 3 is 2.75 bits per heavy atom. The van der Waals surface area contributed by atoms with Crippen LogP contribution < -0.4 is 10.1 Å². The van der Waals surface area contributed by atoms with E-state index >= 15 is 0 Å². The van der Waals surface area contributed by atoms with Crippen molar-refractivity contribution in [2.24, 2.45) is 0 Å². The Morgan fingerprint density at radius 1 is 1.25 bits per heavy atom. The number of carbonyl (C=O) groups excluding carboxylic acids is 1. The number of nitrogens with zero attached hydrogens (tertiary/aromatic N) is 2. The first kappa shape index (κ1) is 20.4. The Hall–Kier alpha value is -2.31. The first-order valence-electron chi connectivity index (χ1n) is 8.95. The molecular weight excluding hydrogens is 442 g/mol. The molecule has 1 heterocycles. The minimum absolute atomic E-state index is 0.0872. The number of ether oxygens (including phenoxy) is 1. The molecule has 1 amide bonds. The van der Waals surface area contributed by atoms with Gasteiger partial charge in [-0.3, -0.25) is 9.48 Å². The lowest BCUT2D eigenvalue weighted by Gasteiger charge is -2.10. The maximum absolute atomic E-state index is 12.2. The van der Waals surface area contributed by atoms with Crippen LogP contribution in [0.25, 0.3) is 0 Å². The molecule has 0 radical (unpaired) electrons. The molecule has 1 N–H and O–H groups in total. The monoisotopic (exact) mass is 461 g/mol. The van der Waals surface area contributed by atoms with E-state index < -0.39 is 0 Å². The van der Waals surface area contributed by atoms with Gasteiger partial charge in [0, 0.05) is 24.8 Å². The number of carbonyl (C=O) groups is 1. The smallest absolute Gasteiger partial charge is 0.251 e. The Kier molecular flexibility index (Phi) is 7.12. The standard InChI is InChI=1S/C21H21BrClN3O2/c1-15-3-8-19(23)20(11-15)28-14-16-4-6-17(7-5-16)21(27)24-9-2-10-26-13-18(22)12-25-26/h3-8,11-13H,2,9-10,14H2,1H3,(H,24,27).